The van der Waals surface area contributed by atoms with Gasteiger partial charge in [-0.15, -0.1) is 0 Å². The number of esters is 1. The van der Waals surface area contributed by atoms with Crippen LogP contribution in [0.2, 0.25) is 0 Å². The van der Waals surface area contributed by atoms with Gasteiger partial charge >= 0.3 is 5.97 Å². The quantitative estimate of drug-likeness (QED) is 0.679. The van der Waals surface area contributed by atoms with Crippen LogP contribution in [0.25, 0.3) is 0 Å². The summed E-state index contributed by atoms with van der Waals surface area (Å²) in [4.78, 5) is 11.3. The Balaban J connectivity index is 2.89. The van der Waals surface area contributed by atoms with E-state index in [9.17, 15) is 4.79 Å². The predicted octanol–water partition coefficient (Wildman–Crippen LogP) is 2.45. The molecule has 0 radical (unpaired) electrons. The minimum absolute atomic E-state index is 0.224. The van der Waals surface area contributed by atoms with E-state index in [2.05, 4.69) is 15.9 Å². The molecule has 0 aromatic heterocycles. The summed E-state index contributed by atoms with van der Waals surface area (Å²) in [6.07, 6.45) is 0.267. The van der Waals surface area contributed by atoms with Crippen molar-refractivity contribution < 1.29 is 9.53 Å². The van der Waals surface area contributed by atoms with Crippen molar-refractivity contribution in [2.75, 3.05) is 12.3 Å². The molecule has 15 heavy (non-hydrogen) atoms. The summed E-state index contributed by atoms with van der Waals surface area (Å²) in [7, 11) is 0. The fourth-order valence-corrected chi connectivity index (χ4v) is 1.83. The summed E-state index contributed by atoms with van der Waals surface area (Å²) in [6.45, 7) is 4.09. The van der Waals surface area contributed by atoms with Gasteiger partial charge in [0.15, 0.2) is 0 Å². The lowest BCUT2D eigenvalue weighted by atomic mass is 10.0. The van der Waals surface area contributed by atoms with Crippen LogP contribution in [-0.2, 0) is 16.0 Å². The molecule has 3 nitrogen and oxygen atoms in total. The summed E-state index contributed by atoms with van der Waals surface area (Å²) >= 11 is 3.34. The van der Waals surface area contributed by atoms with E-state index in [1.807, 2.05) is 19.1 Å². The van der Waals surface area contributed by atoms with Crippen LogP contribution in [0.3, 0.4) is 0 Å². The Labute approximate surface area is 97.7 Å². The monoisotopic (exact) mass is 271 g/mol. The molecule has 0 saturated heterocycles. The average Bonchev–Trinajstić information content (AvgIpc) is 2.13. The van der Waals surface area contributed by atoms with Gasteiger partial charge in [0.2, 0.25) is 0 Å². The fraction of sp³-hybridized carbons (Fsp3) is 0.364. The van der Waals surface area contributed by atoms with E-state index in [4.69, 9.17) is 10.5 Å². The van der Waals surface area contributed by atoms with Crippen molar-refractivity contribution in [3.63, 3.8) is 0 Å². The Morgan fingerprint density at radius 2 is 2.20 bits per heavy atom. The van der Waals surface area contributed by atoms with E-state index in [1.54, 1.807) is 6.92 Å². The standard InChI is InChI=1S/C11H14BrNO2/c1-3-15-11(14)5-8-4-9(12)6-10(13)7(8)2/h4,6H,3,5,13H2,1-2H3. The van der Waals surface area contributed by atoms with Crippen LogP contribution in [-0.4, -0.2) is 12.6 Å². The van der Waals surface area contributed by atoms with Crippen LogP contribution in [0.15, 0.2) is 16.6 Å². The van der Waals surface area contributed by atoms with Crippen molar-refractivity contribution in [1.29, 1.82) is 0 Å². The van der Waals surface area contributed by atoms with Gasteiger partial charge in [-0.25, -0.2) is 0 Å². The maximum absolute atomic E-state index is 11.3. The molecule has 0 spiro atoms. The first-order valence-corrected chi connectivity index (χ1v) is 5.54. The first-order valence-electron chi connectivity index (χ1n) is 4.74. The summed E-state index contributed by atoms with van der Waals surface area (Å²) in [6, 6.07) is 3.71. The predicted molar refractivity (Wildman–Crippen MR) is 63.6 cm³/mol. The van der Waals surface area contributed by atoms with Crippen LogP contribution in [0.1, 0.15) is 18.1 Å². The molecule has 0 heterocycles. The molecule has 1 aromatic carbocycles. The van der Waals surface area contributed by atoms with Crippen molar-refractivity contribution in [2.45, 2.75) is 20.3 Å². The van der Waals surface area contributed by atoms with Crippen LogP contribution in [0, 0.1) is 6.92 Å². The minimum atomic E-state index is -0.224. The first-order chi connectivity index (χ1) is 7.04. The van der Waals surface area contributed by atoms with E-state index in [0.29, 0.717) is 12.3 Å². The van der Waals surface area contributed by atoms with Crippen molar-refractivity contribution in [1.82, 2.24) is 0 Å². The summed E-state index contributed by atoms with van der Waals surface area (Å²) in [5.74, 6) is -0.224. The van der Waals surface area contributed by atoms with Gasteiger partial charge < -0.3 is 10.5 Å². The molecule has 0 saturated carbocycles. The van der Waals surface area contributed by atoms with E-state index in [0.717, 1.165) is 15.6 Å². The van der Waals surface area contributed by atoms with E-state index in [1.165, 1.54) is 0 Å². The van der Waals surface area contributed by atoms with Crippen molar-refractivity contribution in [3.05, 3.63) is 27.7 Å². The van der Waals surface area contributed by atoms with Gasteiger partial charge in [0.25, 0.3) is 0 Å². The second-order valence-corrected chi connectivity index (χ2v) is 4.18. The highest BCUT2D eigenvalue weighted by atomic mass is 79.9. The van der Waals surface area contributed by atoms with E-state index < -0.39 is 0 Å². The third-order valence-corrected chi connectivity index (χ3v) is 2.62. The molecule has 0 aliphatic rings. The molecule has 0 aliphatic heterocycles. The molecule has 0 unspecified atom stereocenters. The minimum Gasteiger partial charge on any atom is -0.466 e. The molecular formula is C11H14BrNO2. The molecule has 2 N–H and O–H groups in total. The van der Waals surface area contributed by atoms with Gasteiger partial charge in [0.05, 0.1) is 13.0 Å². The Kier molecular flexibility index (Phi) is 4.15. The molecule has 0 fully saturated rings. The highest BCUT2D eigenvalue weighted by Gasteiger charge is 2.09. The SMILES string of the molecule is CCOC(=O)Cc1cc(Br)cc(N)c1C. The Bertz CT molecular complexity index is 377. The van der Waals surface area contributed by atoms with Gasteiger partial charge in [-0.05, 0) is 37.1 Å². The summed E-state index contributed by atoms with van der Waals surface area (Å²) < 4.78 is 5.77. The van der Waals surface area contributed by atoms with Gasteiger partial charge in [0.1, 0.15) is 0 Å². The maximum Gasteiger partial charge on any atom is 0.310 e. The molecule has 82 valence electrons. The molecule has 0 aliphatic carbocycles. The van der Waals surface area contributed by atoms with Gasteiger partial charge in [0, 0.05) is 10.2 Å². The molecule has 1 rings (SSSR count). The molecule has 0 amide bonds. The second-order valence-electron chi connectivity index (χ2n) is 3.26. The van der Waals surface area contributed by atoms with Crippen LogP contribution < -0.4 is 5.73 Å². The third kappa shape index (κ3) is 3.23. The Morgan fingerprint density at radius 3 is 2.80 bits per heavy atom. The number of halogens is 1. The second kappa shape index (κ2) is 5.16. The van der Waals surface area contributed by atoms with Crippen molar-refractivity contribution in [2.24, 2.45) is 0 Å². The zero-order valence-corrected chi connectivity index (χ0v) is 10.4. The number of hydrogen-bond acceptors (Lipinski definition) is 3. The van der Waals surface area contributed by atoms with Crippen molar-refractivity contribution in [3.8, 4) is 0 Å². The highest BCUT2D eigenvalue weighted by Crippen LogP contribution is 2.23. The molecule has 0 bridgehead atoms. The van der Waals surface area contributed by atoms with Gasteiger partial charge in [-0.1, -0.05) is 15.9 Å². The Morgan fingerprint density at radius 1 is 1.53 bits per heavy atom. The largest absolute Gasteiger partial charge is 0.466 e. The topological polar surface area (TPSA) is 52.3 Å². The lowest BCUT2D eigenvalue weighted by Crippen LogP contribution is -2.09. The summed E-state index contributed by atoms with van der Waals surface area (Å²) in [5, 5.41) is 0. The lowest BCUT2D eigenvalue weighted by molar-refractivity contribution is -0.142. The smallest absolute Gasteiger partial charge is 0.310 e. The number of carbonyl (C=O) groups excluding carboxylic acids is 1. The number of benzene rings is 1. The molecular weight excluding hydrogens is 258 g/mol. The number of rotatable bonds is 3. The molecule has 4 heteroatoms. The maximum atomic E-state index is 11.3. The normalized spacial score (nSPS) is 10.1. The number of nitrogens with two attached hydrogens (primary N) is 1. The molecule has 0 atom stereocenters. The number of anilines is 1. The summed E-state index contributed by atoms with van der Waals surface area (Å²) in [5.41, 5.74) is 8.31. The lowest BCUT2D eigenvalue weighted by Gasteiger charge is -2.09. The number of nitrogen functional groups attached to an aromatic ring is 1. The zero-order chi connectivity index (χ0) is 11.4. The number of ether oxygens (including phenoxy) is 1. The number of carbonyl (C=O) groups is 1. The number of hydrogen-bond donors (Lipinski definition) is 1. The van der Waals surface area contributed by atoms with Crippen LogP contribution >= 0.6 is 15.9 Å². The fourth-order valence-electron chi connectivity index (χ4n) is 1.31. The average molecular weight is 272 g/mol. The van der Waals surface area contributed by atoms with E-state index >= 15 is 0 Å². The van der Waals surface area contributed by atoms with Crippen LogP contribution in [0.4, 0.5) is 5.69 Å². The van der Waals surface area contributed by atoms with Gasteiger partial charge in [-0.2, -0.15) is 0 Å². The first kappa shape index (κ1) is 12.0. The van der Waals surface area contributed by atoms with E-state index in [-0.39, 0.29) is 12.4 Å². The molecule has 1 aromatic rings. The van der Waals surface area contributed by atoms with Crippen LogP contribution in [0.5, 0.6) is 0 Å². The highest BCUT2D eigenvalue weighted by molar-refractivity contribution is 9.10. The van der Waals surface area contributed by atoms with Gasteiger partial charge in [-0.3, -0.25) is 4.79 Å². The zero-order valence-electron chi connectivity index (χ0n) is 8.84. The van der Waals surface area contributed by atoms with Crippen molar-refractivity contribution >= 4 is 27.6 Å². The Hall–Kier alpha value is -1.03. The third-order valence-electron chi connectivity index (χ3n) is 2.16.